The van der Waals surface area contributed by atoms with Crippen molar-refractivity contribution in [3.8, 4) is 5.75 Å². The molecule has 0 bridgehead atoms. The van der Waals surface area contributed by atoms with Gasteiger partial charge in [-0.2, -0.15) is 0 Å². The topological polar surface area (TPSA) is 84.6 Å². The van der Waals surface area contributed by atoms with Crippen molar-refractivity contribution in [2.75, 3.05) is 39.0 Å². The summed E-state index contributed by atoms with van der Waals surface area (Å²) in [4.78, 5) is 25.9. The second-order valence-electron chi connectivity index (χ2n) is 7.55. The van der Waals surface area contributed by atoms with Gasteiger partial charge in [0.1, 0.15) is 17.4 Å². The Labute approximate surface area is 176 Å². The number of para-hydroxylation sites is 1. The molecule has 0 unspecified atom stereocenters. The van der Waals surface area contributed by atoms with Crippen molar-refractivity contribution in [2.45, 2.75) is 19.4 Å². The monoisotopic (exact) mass is 405 g/mol. The summed E-state index contributed by atoms with van der Waals surface area (Å²) >= 11 is 0. The van der Waals surface area contributed by atoms with Crippen LogP contribution in [0.2, 0.25) is 0 Å². The summed E-state index contributed by atoms with van der Waals surface area (Å²) in [6.45, 7) is 3.71. The van der Waals surface area contributed by atoms with Gasteiger partial charge in [0.25, 0.3) is 0 Å². The molecule has 30 heavy (non-hydrogen) atoms. The summed E-state index contributed by atoms with van der Waals surface area (Å²) in [5, 5.41) is 0.883. The molecule has 2 heterocycles. The van der Waals surface area contributed by atoms with Gasteiger partial charge in [-0.05, 0) is 36.2 Å². The Balaban J connectivity index is 1.27. The Bertz CT molecular complexity index is 1010. The smallest absolute Gasteiger partial charge is 0.222 e. The average Bonchev–Trinajstić information content (AvgIpc) is 2.78. The minimum atomic E-state index is 0.205. The van der Waals surface area contributed by atoms with Crippen LogP contribution in [0.4, 0.5) is 5.82 Å². The van der Waals surface area contributed by atoms with Gasteiger partial charge < -0.3 is 15.4 Å². The zero-order valence-electron chi connectivity index (χ0n) is 17.3. The number of fused-ring (bicyclic) bond motifs is 1. The lowest BCUT2D eigenvalue weighted by atomic mass is 10.1. The molecule has 1 saturated heterocycles. The molecule has 1 aliphatic rings. The van der Waals surface area contributed by atoms with Gasteiger partial charge in [0.05, 0.1) is 19.2 Å². The van der Waals surface area contributed by atoms with Gasteiger partial charge in [-0.15, -0.1) is 0 Å². The van der Waals surface area contributed by atoms with E-state index >= 15 is 0 Å². The minimum Gasteiger partial charge on any atom is -0.497 e. The summed E-state index contributed by atoms with van der Waals surface area (Å²) in [5.41, 5.74) is 8.11. The Morgan fingerprint density at radius 3 is 2.50 bits per heavy atom. The van der Waals surface area contributed by atoms with E-state index in [0.29, 0.717) is 18.8 Å². The second-order valence-corrected chi connectivity index (χ2v) is 7.55. The fourth-order valence-electron chi connectivity index (χ4n) is 3.78. The fraction of sp³-hybridized carbons (Fsp3) is 0.348. The third-order valence-corrected chi connectivity index (χ3v) is 5.56. The van der Waals surface area contributed by atoms with Crippen LogP contribution in [0.5, 0.6) is 5.75 Å². The molecule has 2 aromatic carbocycles. The number of aromatic nitrogens is 2. The highest BCUT2D eigenvalue weighted by Gasteiger charge is 2.21. The van der Waals surface area contributed by atoms with E-state index in [0.717, 1.165) is 60.6 Å². The van der Waals surface area contributed by atoms with Gasteiger partial charge in [0, 0.05) is 38.0 Å². The number of nitrogens with two attached hydrogens (primary N) is 1. The number of carbonyl (C=O) groups excluding carboxylic acids is 1. The zero-order chi connectivity index (χ0) is 20.9. The van der Waals surface area contributed by atoms with Gasteiger partial charge in [-0.25, -0.2) is 9.97 Å². The number of carbonyl (C=O) groups is 1. The van der Waals surface area contributed by atoms with Crippen LogP contribution in [0.1, 0.15) is 17.8 Å². The summed E-state index contributed by atoms with van der Waals surface area (Å²) in [6.07, 6.45) is 1.27. The van der Waals surface area contributed by atoms with Crippen LogP contribution >= 0.6 is 0 Å². The standard InChI is InChI=1S/C23H27N5O2/c1-30-18-9-6-17(7-10-18)8-11-22(29)28-14-12-27(13-15-28)16-21-25-20-5-3-2-4-19(20)23(24)26-21/h2-7,9-10H,8,11-16H2,1H3,(H2,24,25,26). The number of aryl methyl sites for hydroxylation is 1. The number of methoxy groups -OCH3 is 1. The molecule has 3 aromatic rings. The van der Waals surface area contributed by atoms with Crippen molar-refractivity contribution in [1.29, 1.82) is 0 Å². The molecule has 0 atom stereocenters. The van der Waals surface area contributed by atoms with Crippen molar-refractivity contribution in [2.24, 2.45) is 0 Å². The van der Waals surface area contributed by atoms with Crippen LogP contribution in [0.3, 0.4) is 0 Å². The maximum atomic E-state index is 12.6. The molecule has 1 amide bonds. The summed E-state index contributed by atoms with van der Waals surface area (Å²) in [7, 11) is 1.65. The van der Waals surface area contributed by atoms with Gasteiger partial charge in [0.2, 0.25) is 5.91 Å². The molecule has 0 spiro atoms. The van der Waals surface area contributed by atoms with E-state index < -0.39 is 0 Å². The Kier molecular flexibility index (Phi) is 6.09. The quantitative estimate of drug-likeness (QED) is 0.678. The second kappa shape index (κ2) is 9.09. The maximum absolute atomic E-state index is 12.6. The lowest BCUT2D eigenvalue weighted by Crippen LogP contribution is -2.48. The SMILES string of the molecule is COc1ccc(CCC(=O)N2CCN(Cc3nc(N)c4ccccc4n3)CC2)cc1. The molecule has 1 aromatic heterocycles. The first-order valence-corrected chi connectivity index (χ1v) is 10.3. The van der Waals surface area contributed by atoms with Crippen molar-refractivity contribution in [3.05, 3.63) is 59.9 Å². The van der Waals surface area contributed by atoms with Crippen LogP contribution in [0, 0.1) is 0 Å². The van der Waals surface area contributed by atoms with E-state index in [1.54, 1.807) is 7.11 Å². The largest absolute Gasteiger partial charge is 0.497 e. The normalized spacial score (nSPS) is 14.8. The zero-order valence-corrected chi connectivity index (χ0v) is 17.3. The van der Waals surface area contributed by atoms with Gasteiger partial charge in [-0.1, -0.05) is 24.3 Å². The Morgan fingerprint density at radius 2 is 1.77 bits per heavy atom. The number of anilines is 1. The molecular weight excluding hydrogens is 378 g/mol. The number of nitrogens with zero attached hydrogens (tertiary/aromatic N) is 4. The number of amides is 1. The number of hydrogen-bond donors (Lipinski definition) is 1. The molecule has 2 N–H and O–H groups in total. The van der Waals surface area contributed by atoms with Crippen molar-refractivity contribution < 1.29 is 9.53 Å². The van der Waals surface area contributed by atoms with E-state index in [4.69, 9.17) is 10.5 Å². The molecule has 0 radical (unpaired) electrons. The van der Waals surface area contributed by atoms with Crippen LogP contribution in [-0.4, -0.2) is 59.0 Å². The maximum Gasteiger partial charge on any atom is 0.222 e. The predicted octanol–water partition coefficient (Wildman–Crippen LogP) is 2.50. The fourth-order valence-corrected chi connectivity index (χ4v) is 3.78. The van der Waals surface area contributed by atoms with Crippen molar-refractivity contribution >= 4 is 22.6 Å². The first-order valence-electron chi connectivity index (χ1n) is 10.3. The molecule has 0 aliphatic carbocycles. The average molecular weight is 406 g/mol. The number of benzene rings is 2. The highest BCUT2D eigenvalue weighted by atomic mass is 16.5. The van der Waals surface area contributed by atoms with E-state index in [1.807, 2.05) is 53.4 Å². The van der Waals surface area contributed by atoms with Crippen LogP contribution in [0.15, 0.2) is 48.5 Å². The molecule has 0 saturated carbocycles. The first-order chi connectivity index (χ1) is 14.6. The summed E-state index contributed by atoms with van der Waals surface area (Å²) in [5.74, 6) is 2.28. The molecule has 1 aliphatic heterocycles. The summed E-state index contributed by atoms with van der Waals surface area (Å²) in [6, 6.07) is 15.7. The van der Waals surface area contributed by atoms with E-state index in [1.165, 1.54) is 0 Å². The van der Waals surface area contributed by atoms with E-state index in [9.17, 15) is 4.79 Å². The highest BCUT2D eigenvalue weighted by Crippen LogP contribution is 2.18. The van der Waals surface area contributed by atoms with Gasteiger partial charge in [0.15, 0.2) is 0 Å². The third-order valence-electron chi connectivity index (χ3n) is 5.56. The Hall–Kier alpha value is -3.19. The Morgan fingerprint density at radius 1 is 1.03 bits per heavy atom. The van der Waals surface area contributed by atoms with Gasteiger partial charge >= 0.3 is 0 Å². The molecule has 7 nitrogen and oxygen atoms in total. The van der Waals surface area contributed by atoms with E-state index in [2.05, 4.69) is 14.9 Å². The van der Waals surface area contributed by atoms with E-state index in [-0.39, 0.29) is 5.91 Å². The number of rotatable bonds is 6. The molecule has 4 rings (SSSR count). The highest BCUT2D eigenvalue weighted by molar-refractivity contribution is 5.87. The number of piperazine rings is 1. The van der Waals surface area contributed by atoms with Crippen molar-refractivity contribution in [1.82, 2.24) is 19.8 Å². The minimum absolute atomic E-state index is 0.205. The number of nitrogen functional groups attached to an aromatic ring is 1. The molecule has 156 valence electrons. The predicted molar refractivity (Wildman–Crippen MR) is 117 cm³/mol. The molecule has 1 fully saturated rings. The van der Waals surface area contributed by atoms with Crippen LogP contribution in [0.25, 0.3) is 10.9 Å². The number of ether oxygens (including phenoxy) is 1. The van der Waals surface area contributed by atoms with Crippen LogP contribution < -0.4 is 10.5 Å². The van der Waals surface area contributed by atoms with Crippen LogP contribution in [-0.2, 0) is 17.8 Å². The molecule has 7 heteroatoms. The number of hydrogen-bond acceptors (Lipinski definition) is 6. The lowest BCUT2D eigenvalue weighted by Gasteiger charge is -2.34. The third kappa shape index (κ3) is 4.68. The van der Waals surface area contributed by atoms with Gasteiger partial charge in [-0.3, -0.25) is 9.69 Å². The first kappa shape index (κ1) is 20.1. The lowest BCUT2D eigenvalue weighted by molar-refractivity contribution is -0.133. The summed E-state index contributed by atoms with van der Waals surface area (Å²) < 4.78 is 5.17. The molecular formula is C23H27N5O2. The van der Waals surface area contributed by atoms with Crippen molar-refractivity contribution in [3.63, 3.8) is 0 Å².